The van der Waals surface area contributed by atoms with Gasteiger partial charge in [0.1, 0.15) is 5.82 Å². The van der Waals surface area contributed by atoms with Crippen molar-refractivity contribution in [1.29, 1.82) is 0 Å². The Morgan fingerprint density at radius 2 is 1.60 bits per heavy atom. The third-order valence-corrected chi connectivity index (χ3v) is 7.07. The molecule has 0 unspecified atom stereocenters. The van der Waals surface area contributed by atoms with Crippen molar-refractivity contribution >= 4 is 11.6 Å². The van der Waals surface area contributed by atoms with Gasteiger partial charge in [0.25, 0.3) is 0 Å². The third kappa shape index (κ3) is 3.49. The number of allylic oxidation sites excluding steroid dienone is 2. The van der Waals surface area contributed by atoms with Crippen LogP contribution in [-0.2, 0) is 4.79 Å². The lowest BCUT2D eigenvalue weighted by Gasteiger charge is -2.36. The summed E-state index contributed by atoms with van der Waals surface area (Å²) in [7, 11) is 0. The van der Waals surface area contributed by atoms with Crippen LogP contribution in [0.25, 0.3) is 5.69 Å². The first-order valence-electron chi connectivity index (χ1n) is 11.8. The van der Waals surface area contributed by atoms with E-state index < -0.39 is 5.92 Å². The van der Waals surface area contributed by atoms with Crippen LogP contribution in [0, 0.1) is 6.92 Å². The summed E-state index contributed by atoms with van der Waals surface area (Å²) < 4.78 is 1.89. The molecule has 2 heterocycles. The number of rotatable bonds is 3. The predicted octanol–water partition coefficient (Wildman–Crippen LogP) is 5.55. The van der Waals surface area contributed by atoms with E-state index >= 15 is 0 Å². The van der Waals surface area contributed by atoms with Gasteiger partial charge < -0.3 is 15.5 Å². The Morgan fingerprint density at radius 1 is 0.886 bits per heavy atom. The Kier molecular flexibility index (Phi) is 4.95. The van der Waals surface area contributed by atoms with Gasteiger partial charge in [0.05, 0.1) is 11.4 Å². The number of Topliss-reactive ketones (excluding diaryl/α,β-unsaturated/α-hetero) is 1. The van der Waals surface area contributed by atoms with Gasteiger partial charge in [0, 0.05) is 29.2 Å². The van der Waals surface area contributed by atoms with Gasteiger partial charge in [-0.25, -0.2) is 4.68 Å². The molecule has 2 aliphatic rings. The van der Waals surface area contributed by atoms with E-state index in [1.165, 1.54) is 6.07 Å². The number of hydrogen-bond donors (Lipinski definition) is 3. The molecule has 0 amide bonds. The number of fused-ring (bicyclic) bond motifs is 1. The molecular formula is C29H25N3O3. The van der Waals surface area contributed by atoms with Gasteiger partial charge >= 0.3 is 0 Å². The molecule has 6 heteroatoms. The number of carbonyl (C=O) groups is 1. The maximum Gasteiger partial charge on any atom is 0.162 e. The second-order valence-corrected chi connectivity index (χ2v) is 9.23. The molecule has 1 aromatic heterocycles. The number of para-hydroxylation sites is 1. The number of aryl methyl sites for hydroxylation is 1. The first kappa shape index (κ1) is 21.2. The van der Waals surface area contributed by atoms with Gasteiger partial charge in [-0.15, -0.1) is 0 Å². The minimum Gasteiger partial charge on any atom is -0.504 e. The fraction of sp³-hybridized carbons (Fsp3) is 0.172. The van der Waals surface area contributed by atoms with Gasteiger partial charge in [0.15, 0.2) is 17.3 Å². The molecule has 0 fully saturated rings. The number of carbonyl (C=O) groups excluding carboxylic acids is 1. The molecule has 0 saturated carbocycles. The summed E-state index contributed by atoms with van der Waals surface area (Å²) in [6.45, 7) is 1.94. The summed E-state index contributed by atoms with van der Waals surface area (Å²) in [5.41, 5.74) is 6.12. The fourth-order valence-electron chi connectivity index (χ4n) is 5.45. The second-order valence-electron chi connectivity index (χ2n) is 9.23. The van der Waals surface area contributed by atoms with Crippen molar-refractivity contribution in [1.82, 2.24) is 9.78 Å². The summed E-state index contributed by atoms with van der Waals surface area (Å²) in [6.07, 6.45) is 1.12. The van der Waals surface area contributed by atoms with Crippen LogP contribution >= 0.6 is 0 Å². The lowest BCUT2D eigenvalue weighted by atomic mass is 9.72. The van der Waals surface area contributed by atoms with Gasteiger partial charge in [-0.3, -0.25) is 4.79 Å². The molecule has 0 saturated heterocycles. The monoisotopic (exact) mass is 463 g/mol. The maximum absolute atomic E-state index is 13.7. The summed E-state index contributed by atoms with van der Waals surface area (Å²) in [4.78, 5) is 13.7. The summed E-state index contributed by atoms with van der Waals surface area (Å²) in [6, 6.07) is 24.8. The molecule has 2 atom stereocenters. The number of anilines is 1. The highest BCUT2D eigenvalue weighted by molar-refractivity contribution is 6.01. The molecule has 3 N–H and O–H groups in total. The van der Waals surface area contributed by atoms with Crippen LogP contribution in [0.15, 0.2) is 90.1 Å². The lowest BCUT2D eigenvalue weighted by Crippen LogP contribution is -2.30. The smallest absolute Gasteiger partial charge is 0.162 e. The number of ketones is 1. The SMILES string of the molecule is Cc1nn(-c2ccccc2)c2c1[C@H](c1ccc(O)c(O)c1)C1=C(C[C@@H](c3ccccc3)CC1=O)N2. The molecule has 1 aliphatic carbocycles. The number of aromatic hydroxyl groups is 2. The number of benzene rings is 3. The van der Waals surface area contributed by atoms with Crippen LogP contribution < -0.4 is 5.32 Å². The molecule has 174 valence electrons. The van der Waals surface area contributed by atoms with Crippen molar-refractivity contribution in [3.63, 3.8) is 0 Å². The highest BCUT2D eigenvalue weighted by atomic mass is 16.3. The number of nitrogens with one attached hydrogen (secondary N) is 1. The fourth-order valence-corrected chi connectivity index (χ4v) is 5.45. The minimum absolute atomic E-state index is 0.0829. The number of phenolic OH excluding ortho intramolecular Hbond substituents is 2. The van der Waals surface area contributed by atoms with Gasteiger partial charge in [-0.2, -0.15) is 5.10 Å². The summed E-state index contributed by atoms with van der Waals surface area (Å²) in [5.74, 6) is 0.208. The number of hydrogen-bond acceptors (Lipinski definition) is 5. The number of aromatic nitrogens is 2. The zero-order chi connectivity index (χ0) is 24.1. The molecule has 1 aliphatic heterocycles. The topological polar surface area (TPSA) is 87.4 Å². The van der Waals surface area contributed by atoms with Crippen LogP contribution in [-0.4, -0.2) is 25.8 Å². The van der Waals surface area contributed by atoms with E-state index in [1.54, 1.807) is 12.1 Å². The Hall–Kier alpha value is -4.32. The number of phenols is 2. The van der Waals surface area contributed by atoms with Crippen molar-refractivity contribution in [3.8, 4) is 17.2 Å². The second kappa shape index (κ2) is 8.17. The molecule has 35 heavy (non-hydrogen) atoms. The van der Waals surface area contributed by atoms with E-state index in [1.807, 2.05) is 60.1 Å². The molecule has 6 rings (SSSR count). The van der Waals surface area contributed by atoms with E-state index in [2.05, 4.69) is 17.4 Å². The van der Waals surface area contributed by atoms with Crippen molar-refractivity contribution in [2.75, 3.05) is 5.32 Å². The first-order chi connectivity index (χ1) is 17.0. The van der Waals surface area contributed by atoms with E-state index in [9.17, 15) is 15.0 Å². The Morgan fingerprint density at radius 3 is 2.31 bits per heavy atom. The van der Waals surface area contributed by atoms with E-state index in [-0.39, 0.29) is 23.2 Å². The standard InChI is InChI=1S/C29H25N3O3/c1-17-26-27(19-12-13-23(33)24(34)15-19)28-22(14-20(16-25(28)35)18-8-4-2-5-9-18)30-29(26)32(31-17)21-10-6-3-7-11-21/h2-13,15,20,27,30,33-34H,14,16H2,1H3/t20-,27+/m1/s1. The molecule has 0 radical (unpaired) electrons. The van der Waals surface area contributed by atoms with Gasteiger partial charge in [-0.05, 0) is 54.7 Å². The number of nitrogens with zero attached hydrogens (tertiary/aromatic N) is 2. The van der Waals surface area contributed by atoms with E-state index in [0.717, 1.165) is 39.6 Å². The van der Waals surface area contributed by atoms with E-state index in [4.69, 9.17) is 5.10 Å². The molecular weight excluding hydrogens is 438 g/mol. The molecule has 3 aromatic carbocycles. The minimum atomic E-state index is -0.394. The highest BCUT2D eigenvalue weighted by Gasteiger charge is 2.41. The molecule has 0 bridgehead atoms. The van der Waals surface area contributed by atoms with Crippen molar-refractivity contribution < 1.29 is 15.0 Å². The van der Waals surface area contributed by atoms with Crippen LogP contribution in [0.1, 0.15) is 47.1 Å². The zero-order valence-corrected chi connectivity index (χ0v) is 19.3. The van der Waals surface area contributed by atoms with Crippen molar-refractivity contribution in [2.24, 2.45) is 0 Å². The molecule has 0 spiro atoms. The Balaban J connectivity index is 1.55. The molecule has 4 aromatic rings. The highest BCUT2D eigenvalue weighted by Crippen LogP contribution is 2.50. The van der Waals surface area contributed by atoms with Crippen LogP contribution in [0.4, 0.5) is 5.82 Å². The average Bonchev–Trinajstić information content (AvgIpc) is 3.21. The van der Waals surface area contributed by atoms with Crippen LogP contribution in [0.3, 0.4) is 0 Å². The largest absolute Gasteiger partial charge is 0.504 e. The lowest BCUT2D eigenvalue weighted by molar-refractivity contribution is -0.116. The third-order valence-electron chi connectivity index (χ3n) is 7.07. The Labute approximate surface area is 203 Å². The van der Waals surface area contributed by atoms with Crippen LogP contribution in [0.5, 0.6) is 11.5 Å². The average molecular weight is 464 g/mol. The van der Waals surface area contributed by atoms with E-state index in [0.29, 0.717) is 18.4 Å². The van der Waals surface area contributed by atoms with Crippen LogP contribution in [0.2, 0.25) is 0 Å². The van der Waals surface area contributed by atoms with Gasteiger partial charge in [-0.1, -0.05) is 54.6 Å². The first-order valence-corrected chi connectivity index (χ1v) is 11.8. The maximum atomic E-state index is 13.7. The quantitative estimate of drug-likeness (QED) is 0.347. The summed E-state index contributed by atoms with van der Waals surface area (Å²) >= 11 is 0. The Bertz CT molecular complexity index is 1470. The van der Waals surface area contributed by atoms with Gasteiger partial charge in [0.2, 0.25) is 0 Å². The normalized spacial score (nSPS) is 19.2. The summed E-state index contributed by atoms with van der Waals surface area (Å²) in [5, 5.41) is 28.7. The molecule has 6 nitrogen and oxygen atoms in total. The zero-order valence-electron chi connectivity index (χ0n) is 19.3. The van der Waals surface area contributed by atoms with Crippen molar-refractivity contribution in [3.05, 3.63) is 113 Å². The predicted molar refractivity (Wildman–Crippen MR) is 134 cm³/mol. The van der Waals surface area contributed by atoms with Crippen molar-refractivity contribution in [2.45, 2.75) is 31.6 Å².